The maximum Gasteiger partial charge on any atom is 0.312 e. The average Bonchev–Trinajstić information content (AvgIpc) is 2.80. The molecule has 0 aliphatic heterocycles. The van der Waals surface area contributed by atoms with Gasteiger partial charge in [0.05, 0.1) is 30.5 Å². The maximum atomic E-state index is 12.9. The Balaban J connectivity index is 4.90. The topological polar surface area (TPSA) is 213 Å². The Morgan fingerprint density at radius 2 is 1.55 bits per heavy atom. The molecule has 4 amide bonds. The van der Waals surface area contributed by atoms with E-state index < -0.39 is 29.1 Å². The van der Waals surface area contributed by atoms with Gasteiger partial charge in [-0.1, -0.05) is 13.8 Å². The summed E-state index contributed by atoms with van der Waals surface area (Å²) in [6.45, 7) is 13.2. The third-order valence-electron chi connectivity index (χ3n) is 6.46. The highest BCUT2D eigenvalue weighted by Gasteiger charge is 2.36. The number of hydrogen-bond donors (Lipinski definition) is 7. The fourth-order valence-electron chi connectivity index (χ4n) is 3.59. The van der Waals surface area contributed by atoms with Gasteiger partial charge in [0.15, 0.2) is 0 Å². The SMILES string of the molecule is CC(C)C(C=O)(CNC(CCCNC(N)=O)C(N)=O)NC(=O)CCC(C)(C)OCCC(C)(C)OCCNN. The second-order valence-corrected chi connectivity index (χ2v) is 11.1. The van der Waals surface area contributed by atoms with E-state index in [9.17, 15) is 19.2 Å². The largest absolute Gasteiger partial charge is 0.375 e. The van der Waals surface area contributed by atoms with E-state index in [1.165, 1.54) is 0 Å². The number of ether oxygens (including phenoxy) is 2. The van der Waals surface area contributed by atoms with Gasteiger partial charge in [-0.2, -0.15) is 0 Å². The van der Waals surface area contributed by atoms with Crippen LogP contribution in [-0.4, -0.2) is 79.8 Å². The number of amides is 4. The molecule has 38 heavy (non-hydrogen) atoms. The molecule has 0 rings (SSSR count). The van der Waals surface area contributed by atoms with Crippen molar-refractivity contribution >= 4 is 24.1 Å². The Morgan fingerprint density at radius 1 is 0.947 bits per heavy atom. The van der Waals surface area contributed by atoms with Gasteiger partial charge in [-0.25, -0.2) is 4.79 Å². The second-order valence-electron chi connectivity index (χ2n) is 11.1. The van der Waals surface area contributed by atoms with E-state index in [4.69, 9.17) is 26.8 Å². The van der Waals surface area contributed by atoms with E-state index in [1.54, 1.807) is 0 Å². The smallest absolute Gasteiger partial charge is 0.312 e. The molecule has 0 fully saturated rings. The number of hydrazine groups is 1. The molecule has 0 saturated carbocycles. The molecule has 2 atom stereocenters. The zero-order chi connectivity index (χ0) is 29.4. The summed E-state index contributed by atoms with van der Waals surface area (Å²) >= 11 is 0. The first-order valence-corrected chi connectivity index (χ1v) is 13.1. The highest BCUT2D eigenvalue weighted by atomic mass is 16.5. The lowest BCUT2D eigenvalue weighted by atomic mass is 9.86. The number of nitrogens with two attached hydrogens (primary N) is 3. The van der Waals surface area contributed by atoms with Gasteiger partial charge >= 0.3 is 6.03 Å². The zero-order valence-electron chi connectivity index (χ0n) is 24.0. The Hall–Kier alpha value is -2.32. The molecule has 0 radical (unpaired) electrons. The van der Waals surface area contributed by atoms with Gasteiger partial charge < -0.3 is 41.7 Å². The van der Waals surface area contributed by atoms with Crippen molar-refractivity contribution in [2.75, 3.05) is 32.8 Å². The van der Waals surface area contributed by atoms with Crippen molar-refractivity contribution in [3.8, 4) is 0 Å². The number of aldehydes is 1. The van der Waals surface area contributed by atoms with Crippen LogP contribution in [-0.2, 0) is 23.9 Å². The molecular formula is C25H51N7O6. The molecule has 13 nitrogen and oxygen atoms in total. The van der Waals surface area contributed by atoms with E-state index >= 15 is 0 Å². The highest BCUT2D eigenvalue weighted by Crippen LogP contribution is 2.22. The van der Waals surface area contributed by atoms with Gasteiger partial charge in [-0.3, -0.25) is 20.9 Å². The van der Waals surface area contributed by atoms with Crippen LogP contribution < -0.4 is 38.7 Å². The Bertz CT molecular complexity index is 748. The Labute approximate surface area is 227 Å². The number of hydrogen-bond acceptors (Lipinski definition) is 9. The maximum absolute atomic E-state index is 12.9. The van der Waals surface area contributed by atoms with Crippen LogP contribution in [0, 0.1) is 5.92 Å². The summed E-state index contributed by atoms with van der Waals surface area (Å²) in [5.74, 6) is 4.11. The van der Waals surface area contributed by atoms with Crippen LogP contribution in [0.1, 0.15) is 73.6 Å². The van der Waals surface area contributed by atoms with Crippen molar-refractivity contribution in [1.29, 1.82) is 0 Å². The normalized spacial score (nSPS) is 14.5. The molecular weight excluding hydrogens is 494 g/mol. The van der Waals surface area contributed by atoms with Crippen molar-refractivity contribution in [2.45, 2.75) is 96.4 Å². The van der Waals surface area contributed by atoms with Crippen molar-refractivity contribution in [1.82, 2.24) is 21.4 Å². The van der Waals surface area contributed by atoms with E-state index in [2.05, 4.69) is 21.4 Å². The fraction of sp³-hybridized carbons (Fsp3) is 0.840. The number of carbonyl (C=O) groups is 4. The molecule has 13 heteroatoms. The van der Waals surface area contributed by atoms with Crippen LogP contribution >= 0.6 is 0 Å². The van der Waals surface area contributed by atoms with E-state index in [0.29, 0.717) is 51.7 Å². The van der Waals surface area contributed by atoms with Gasteiger partial charge in [0.25, 0.3) is 0 Å². The third kappa shape index (κ3) is 15.2. The number of rotatable bonds is 22. The molecule has 0 aliphatic rings. The summed E-state index contributed by atoms with van der Waals surface area (Å²) in [5, 5.41) is 8.30. The number of urea groups is 1. The summed E-state index contributed by atoms with van der Waals surface area (Å²) in [6.07, 6.45) is 2.73. The Kier molecular flexibility index (Phi) is 16.2. The van der Waals surface area contributed by atoms with Gasteiger partial charge in [-0.15, -0.1) is 0 Å². The summed E-state index contributed by atoms with van der Waals surface area (Å²) in [7, 11) is 0. The van der Waals surface area contributed by atoms with Crippen molar-refractivity contribution in [3.05, 3.63) is 0 Å². The van der Waals surface area contributed by atoms with Crippen LogP contribution in [0.15, 0.2) is 0 Å². The molecule has 0 aliphatic carbocycles. The molecule has 222 valence electrons. The van der Waals surface area contributed by atoms with Crippen LogP contribution in [0.3, 0.4) is 0 Å². The first-order valence-electron chi connectivity index (χ1n) is 13.1. The predicted molar refractivity (Wildman–Crippen MR) is 146 cm³/mol. The standard InChI is InChI=1S/C25H51N7O6/c1-18(2)25(17-33,16-30-19(21(26)35)8-7-12-29-22(27)36)32-20(34)9-10-23(3,4)37-14-11-24(5,6)38-15-13-31-28/h17-19,30-31H,7-16,28H2,1-6H3,(H2,26,35)(H,32,34)(H3,27,29,36). The first kappa shape index (κ1) is 35.7. The molecule has 0 aromatic carbocycles. The highest BCUT2D eigenvalue weighted by molar-refractivity contribution is 5.83. The third-order valence-corrected chi connectivity index (χ3v) is 6.46. The summed E-state index contributed by atoms with van der Waals surface area (Å²) in [5.41, 5.74) is 10.9. The van der Waals surface area contributed by atoms with Crippen LogP contribution in [0.25, 0.3) is 0 Å². The zero-order valence-corrected chi connectivity index (χ0v) is 24.0. The number of primary amides is 2. The minimum absolute atomic E-state index is 0.0193. The Morgan fingerprint density at radius 3 is 2.08 bits per heavy atom. The molecule has 0 aromatic heterocycles. The number of nitrogens with one attached hydrogen (secondary N) is 4. The summed E-state index contributed by atoms with van der Waals surface area (Å²) in [4.78, 5) is 47.7. The van der Waals surface area contributed by atoms with Crippen molar-refractivity contribution in [2.24, 2.45) is 23.2 Å². The number of carbonyl (C=O) groups excluding carboxylic acids is 4. The molecule has 2 unspecified atom stereocenters. The van der Waals surface area contributed by atoms with E-state index in [-0.39, 0.29) is 36.9 Å². The predicted octanol–water partition coefficient (Wildman–Crippen LogP) is -0.188. The molecule has 10 N–H and O–H groups in total. The van der Waals surface area contributed by atoms with Gasteiger partial charge in [0, 0.05) is 26.1 Å². The van der Waals surface area contributed by atoms with Crippen LogP contribution in [0.5, 0.6) is 0 Å². The second kappa shape index (κ2) is 17.3. The quantitative estimate of drug-likeness (QED) is 0.0415. The molecule has 0 spiro atoms. The lowest BCUT2D eigenvalue weighted by Crippen LogP contribution is -2.61. The van der Waals surface area contributed by atoms with Gasteiger partial charge in [0.1, 0.15) is 11.8 Å². The fourth-order valence-corrected chi connectivity index (χ4v) is 3.59. The minimum atomic E-state index is -1.24. The lowest BCUT2D eigenvalue weighted by Gasteiger charge is -2.35. The lowest BCUT2D eigenvalue weighted by molar-refractivity contribution is -0.129. The molecule has 0 aromatic rings. The first-order chi connectivity index (χ1) is 17.6. The van der Waals surface area contributed by atoms with E-state index in [1.807, 2.05) is 41.5 Å². The minimum Gasteiger partial charge on any atom is -0.375 e. The molecule has 0 bridgehead atoms. The molecule has 0 saturated heterocycles. The van der Waals surface area contributed by atoms with Gasteiger partial charge in [0.2, 0.25) is 11.8 Å². The summed E-state index contributed by atoms with van der Waals surface area (Å²) < 4.78 is 11.8. The van der Waals surface area contributed by atoms with Crippen molar-refractivity contribution in [3.63, 3.8) is 0 Å². The van der Waals surface area contributed by atoms with Gasteiger partial charge in [-0.05, 0) is 59.3 Å². The summed E-state index contributed by atoms with van der Waals surface area (Å²) in [6, 6.07) is -1.40. The molecule has 0 heterocycles. The van der Waals surface area contributed by atoms with Crippen molar-refractivity contribution < 1.29 is 28.7 Å². The monoisotopic (exact) mass is 545 g/mol. The van der Waals surface area contributed by atoms with E-state index in [0.717, 1.165) is 0 Å². The van der Waals surface area contributed by atoms with Crippen LogP contribution in [0.4, 0.5) is 4.79 Å². The van der Waals surface area contributed by atoms with Crippen LogP contribution in [0.2, 0.25) is 0 Å². The average molecular weight is 546 g/mol.